The average molecular weight is 258 g/mol. The third kappa shape index (κ3) is 4.39. The molecule has 0 aliphatic rings. The van der Waals surface area contributed by atoms with Gasteiger partial charge in [-0.15, -0.1) is 0 Å². The number of carbonyl (C=O) groups is 1. The number of hydrogen-bond acceptors (Lipinski definition) is 2. The highest BCUT2D eigenvalue weighted by Gasteiger charge is 1.96. The Labute approximate surface area is 91.3 Å². The van der Waals surface area contributed by atoms with Crippen molar-refractivity contribution in [3.8, 4) is 0 Å². The van der Waals surface area contributed by atoms with Gasteiger partial charge in [0, 0.05) is 17.6 Å². The minimum Gasteiger partial charge on any atom is -0.481 e. The van der Waals surface area contributed by atoms with E-state index in [9.17, 15) is 4.79 Å². The maximum absolute atomic E-state index is 10.2. The van der Waals surface area contributed by atoms with Gasteiger partial charge in [-0.1, -0.05) is 28.1 Å². The molecule has 4 heteroatoms. The van der Waals surface area contributed by atoms with E-state index in [-0.39, 0.29) is 6.42 Å². The molecule has 76 valence electrons. The number of rotatable bonds is 5. The van der Waals surface area contributed by atoms with Crippen LogP contribution in [0, 0.1) is 0 Å². The van der Waals surface area contributed by atoms with Gasteiger partial charge in [0.25, 0.3) is 0 Å². The number of carboxylic acids is 1. The third-order valence-corrected chi connectivity index (χ3v) is 2.23. The van der Waals surface area contributed by atoms with E-state index in [1.54, 1.807) is 0 Å². The molecule has 0 heterocycles. The highest BCUT2D eigenvalue weighted by atomic mass is 79.9. The second-order valence-electron chi connectivity index (χ2n) is 2.95. The molecule has 0 radical (unpaired) electrons. The number of aliphatic carboxylic acids is 1. The van der Waals surface area contributed by atoms with Crippen molar-refractivity contribution in [2.24, 2.45) is 0 Å². The fraction of sp³-hybridized carbons (Fsp3) is 0.300. The van der Waals surface area contributed by atoms with Crippen LogP contribution < -0.4 is 5.32 Å². The number of nitrogens with one attached hydrogen (secondary N) is 1. The first-order chi connectivity index (χ1) is 6.68. The molecule has 0 fully saturated rings. The summed E-state index contributed by atoms with van der Waals surface area (Å²) in [4.78, 5) is 10.2. The molecule has 0 bridgehead atoms. The molecule has 1 rings (SSSR count). The summed E-state index contributed by atoms with van der Waals surface area (Å²) in [6, 6.07) is 7.92. The third-order valence-electron chi connectivity index (χ3n) is 1.73. The van der Waals surface area contributed by atoms with Crippen LogP contribution in [0.3, 0.4) is 0 Å². The van der Waals surface area contributed by atoms with Crippen molar-refractivity contribution < 1.29 is 9.90 Å². The lowest BCUT2D eigenvalue weighted by atomic mass is 10.2. The Morgan fingerprint density at radius 1 is 1.50 bits per heavy atom. The molecule has 1 aromatic rings. The summed E-state index contributed by atoms with van der Waals surface area (Å²) < 4.78 is 1.04. The van der Waals surface area contributed by atoms with Crippen LogP contribution in [0.25, 0.3) is 0 Å². The van der Waals surface area contributed by atoms with Gasteiger partial charge in [0.15, 0.2) is 0 Å². The normalized spacial score (nSPS) is 10.1. The minimum atomic E-state index is -0.772. The minimum absolute atomic E-state index is 0.161. The van der Waals surface area contributed by atoms with Gasteiger partial charge in [-0.2, -0.15) is 0 Å². The highest BCUT2D eigenvalue weighted by molar-refractivity contribution is 9.10. The Hall–Kier alpha value is -0.870. The van der Waals surface area contributed by atoms with E-state index >= 15 is 0 Å². The molecule has 0 amide bonds. The predicted molar refractivity (Wildman–Crippen MR) is 58.1 cm³/mol. The first kappa shape index (κ1) is 11.2. The van der Waals surface area contributed by atoms with Gasteiger partial charge in [-0.3, -0.25) is 4.79 Å². The molecule has 0 aliphatic carbocycles. The summed E-state index contributed by atoms with van der Waals surface area (Å²) in [5.41, 5.74) is 1.14. The zero-order valence-electron chi connectivity index (χ0n) is 7.66. The maximum Gasteiger partial charge on any atom is 0.304 e. The zero-order chi connectivity index (χ0) is 10.4. The van der Waals surface area contributed by atoms with Crippen molar-refractivity contribution in [2.75, 3.05) is 6.54 Å². The van der Waals surface area contributed by atoms with Crippen molar-refractivity contribution in [1.82, 2.24) is 5.32 Å². The lowest BCUT2D eigenvalue weighted by Gasteiger charge is -2.03. The fourth-order valence-electron chi connectivity index (χ4n) is 1.07. The lowest BCUT2D eigenvalue weighted by Crippen LogP contribution is -2.17. The molecular formula is C10H12BrNO2. The van der Waals surface area contributed by atoms with Gasteiger partial charge >= 0.3 is 5.97 Å². The van der Waals surface area contributed by atoms with E-state index in [4.69, 9.17) is 5.11 Å². The quantitative estimate of drug-likeness (QED) is 0.794. The molecule has 0 unspecified atom stereocenters. The Morgan fingerprint density at radius 3 is 2.93 bits per heavy atom. The van der Waals surface area contributed by atoms with E-state index in [1.165, 1.54) is 0 Å². The monoisotopic (exact) mass is 257 g/mol. The standard InChI is InChI=1S/C10H12BrNO2/c11-9-3-1-2-8(6-9)7-12-5-4-10(13)14/h1-3,6,12H,4-5,7H2,(H,13,14). The average Bonchev–Trinajstić information content (AvgIpc) is 2.12. The molecule has 0 aliphatic heterocycles. The Kier molecular flexibility index (Phi) is 4.62. The van der Waals surface area contributed by atoms with Gasteiger partial charge in [0.05, 0.1) is 6.42 Å². The molecule has 14 heavy (non-hydrogen) atoms. The van der Waals surface area contributed by atoms with Crippen LogP contribution in [0.2, 0.25) is 0 Å². The number of carboxylic acid groups (broad SMARTS) is 1. The van der Waals surface area contributed by atoms with Gasteiger partial charge in [0.1, 0.15) is 0 Å². The Morgan fingerprint density at radius 2 is 2.29 bits per heavy atom. The topological polar surface area (TPSA) is 49.3 Å². The Bertz CT molecular complexity index is 315. The van der Waals surface area contributed by atoms with Crippen molar-refractivity contribution >= 4 is 21.9 Å². The molecule has 1 aromatic carbocycles. The second kappa shape index (κ2) is 5.78. The first-order valence-electron chi connectivity index (χ1n) is 4.35. The van der Waals surface area contributed by atoms with Crippen LogP contribution in [0.4, 0.5) is 0 Å². The van der Waals surface area contributed by atoms with Crippen LogP contribution in [0.1, 0.15) is 12.0 Å². The summed E-state index contributed by atoms with van der Waals surface area (Å²) in [6.45, 7) is 1.20. The van der Waals surface area contributed by atoms with Gasteiger partial charge in [-0.25, -0.2) is 0 Å². The fourth-order valence-corrected chi connectivity index (χ4v) is 1.52. The molecule has 3 nitrogen and oxygen atoms in total. The summed E-state index contributed by atoms with van der Waals surface area (Å²) >= 11 is 3.37. The van der Waals surface area contributed by atoms with E-state index in [1.807, 2.05) is 24.3 Å². The van der Waals surface area contributed by atoms with E-state index in [0.29, 0.717) is 13.1 Å². The van der Waals surface area contributed by atoms with E-state index < -0.39 is 5.97 Å². The number of halogens is 1. The number of hydrogen-bond donors (Lipinski definition) is 2. The first-order valence-corrected chi connectivity index (χ1v) is 5.15. The van der Waals surface area contributed by atoms with Crippen LogP contribution in [0.15, 0.2) is 28.7 Å². The molecule has 0 spiro atoms. The predicted octanol–water partition coefficient (Wildman–Crippen LogP) is 2.01. The van der Waals surface area contributed by atoms with E-state index in [0.717, 1.165) is 10.0 Å². The largest absolute Gasteiger partial charge is 0.481 e. The number of benzene rings is 1. The summed E-state index contributed by atoms with van der Waals surface area (Å²) in [5, 5.41) is 11.5. The summed E-state index contributed by atoms with van der Waals surface area (Å²) in [7, 11) is 0. The molecule has 0 atom stereocenters. The SMILES string of the molecule is O=C(O)CCNCc1cccc(Br)c1. The molecular weight excluding hydrogens is 246 g/mol. The molecule has 0 saturated heterocycles. The van der Waals surface area contributed by atoms with Crippen LogP contribution in [-0.4, -0.2) is 17.6 Å². The molecule has 0 aromatic heterocycles. The lowest BCUT2D eigenvalue weighted by molar-refractivity contribution is -0.136. The summed E-state index contributed by atoms with van der Waals surface area (Å²) in [6.07, 6.45) is 0.161. The van der Waals surface area contributed by atoms with Crippen molar-refractivity contribution in [2.45, 2.75) is 13.0 Å². The zero-order valence-corrected chi connectivity index (χ0v) is 9.25. The molecule has 2 N–H and O–H groups in total. The highest BCUT2D eigenvalue weighted by Crippen LogP contribution is 2.11. The van der Waals surface area contributed by atoms with Gasteiger partial charge < -0.3 is 10.4 Å². The van der Waals surface area contributed by atoms with Gasteiger partial charge in [-0.05, 0) is 17.7 Å². The van der Waals surface area contributed by atoms with Crippen LogP contribution in [-0.2, 0) is 11.3 Å². The maximum atomic E-state index is 10.2. The smallest absolute Gasteiger partial charge is 0.304 e. The van der Waals surface area contributed by atoms with Crippen LogP contribution in [0.5, 0.6) is 0 Å². The summed E-state index contributed by atoms with van der Waals surface area (Å²) in [5.74, 6) is -0.772. The molecule has 0 saturated carbocycles. The second-order valence-corrected chi connectivity index (χ2v) is 3.87. The Balaban J connectivity index is 2.28. The van der Waals surface area contributed by atoms with Crippen LogP contribution >= 0.6 is 15.9 Å². The van der Waals surface area contributed by atoms with Crippen molar-refractivity contribution in [1.29, 1.82) is 0 Å². The van der Waals surface area contributed by atoms with Crippen molar-refractivity contribution in [3.63, 3.8) is 0 Å². The van der Waals surface area contributed by atoms with Crippen molar-refractivity contribution in [3.05, 3.63) is 34.3 Å². The van der Waals surface area contributed by atoms with Gasteiger partial charge in [0.2, 0.25) is 0 Å². The van der Waals surface area contributed by atoms with E-state index in [2.05, 4.69) is 21.2 Å².